The van der Waals surface area contributed by atoms with E-state index in [-0.39, 0.29) is 5.56 Å². The highest BCUT2D eigenvalue weighted by molar-refractivity contribution is 5.92. The van der Waals surface area contributed by atoms with Crippen molar-refractivity contribution in [2.24, 2.45) is 0 Å². The second-order valence-corrected chi connectivity index (χ2v) is 7.29. The smallest absolute Gasteiger partial charge is 0.260 e. The highest BCUT2D eigenvalue weighted by atomic mass is 16.5. The van der Waals surface area contributed by atoms with E-state index in [2.05, 4.69) is 32.1 Å². The van der Waals surface area contributed by atoms with Crippen LogP contribution in [-0.2, 0) is 0 Å². The molecular weight excluding hydrogens is 330 g/mol. The minimum atomic E-state index is -0.0920. The number of H-pyrrole nitrogens is 1. The van der Waals surface area contributed by atoms with E-state index >= 15 is 0 Å². The van der Waals surface area contributed by atoms with Gasteiger partial charge in [0.15, 0.2) is 0 Å². The van der Waals surface area contributed by atoms with Crippen molar-refractivity contribution >= 4 is 16.6 Å². The first-order valence-corrected chi connectivity index (χ1v) is 9.52. The molecule has 1 atom stereocenters. The van der Waals surface area contributed by atoms with Crippen LogP contribution in [0.5, 0.6) is 5.75 Å². The molecule has 1 unspecified atom stereocenters. The van der Waals surface area contributed by atoms with E-state index in [1.165, 1.54) is 19.2 Å². The summed E-state index contributed by atoms with van der Waals surface area (Å²) in [5.74, 6) is 0.794. The molecule has 2 N–H and O–H groups in total. The number of benzene rings is 1. The second-order valence-electron chi connectivity index (χ2n) is 7.29. The van der Waals surface area contributed by atoms with Gasteiger partial charge in [0.25, 0.3) is 5.56 Å². The fraction of sp³-hybridized carbons (Fsp3) is 0.579. The molecule has 1 aromatic heterocycles. The van der Waals surface area contributed by atoms with E-state index in [1.54, 1.807) is 0 Å². The van der Waals surface area contributed by atoms with Crippen LogP contribution in [0.4, 0.5) is 5.69 Å². The van der Waals surface area contributed by atoms with Gasteiger partial charge in [-0.15, -0.1) is 0 Å². The van der Waals surface area contributed by atoms with Gasteiger partial charge in [-0.2, -0.15) is 0 Å². The number of likely N-dealkylation sites (N-methyl/N-ethyl adjacent to an activating group) is 1. The summed E-state index contributed by atoms with van der Waals surface area (Å²) in [6.45, 7) is 5.55. The molecule has 2 fully saturated rings. The Morgan fingerprint density at radius 3 is 2.88 bits per heavy atom. The summed E-state index contributed by atoms with van der Waals surface area (Å²) in [4.78, 5) is 24.1. The van der Waals surface area contributed by atoms with Gasteiger partial charge in [0, 0.05) is 44.4 Å². The Morgan fingerprint density at radius 1 is 1.27 bits per heavy atom. The van der Waals surface area contributed by atoms with E-state index in [0.29, 0.717) is 23.6 Å². The molecule has 7 heteroatoms. The number of nitrogens with zero attached hydrogens (tertiary/aromatic N) is 3. The lowest BCUT2D eigenvalue weighted by Crippen LogP contribution is -2.44. The Hall–Kier alpha value is -2.12. The minimum absolute atomic E-state index is 0.0920. The van der Waals surface area contributed by atoms with E-state index in [9.17, 15) is 4.79 Å². The van der Waals surface area contributed by atoms with Crippen LogP contribution in [0.15, 0.2) is 23.3 Å². The summed E-state index contributed by atoms with van der Waals surface area (Å²) in [7, 11) is 2.13. The van der Waals surface area contributed by atoms with Crippen LogP contribution in [0.1, 0.15) is 19.3 Å². The molecule has 2 saturated heterocycles. The highest BCUT2D eigenvalue weighted by Crippen LogP contribution is 2.29. The zero-order valence-electron chi connectivity index (χ0n) is 15.3. The Balaban J connectivity index is 1.59. The van der Waals surface area contributed by atoms with Crippen LogP contribution < -0.4 is 20.5 Å². The van der Waals surface area contributed by atoms with Crippen molar-refractivity contribution in [1.82, 2.24) is 20.2 Å². The molecule has 140 valence electrons. The third-order valence-corrected chi connectivity index (χ3v) is 5.44. The zero-order chi connectivity index (χ0) is 17.9. The molecule has 0 aliphatic carbocycles. The van der Waals surface area contributed by atoms with E-state index in [4.69, 9.17) is 4.74 Å². The lowest BCUT2D eigenvalue weighted by molar-refractivity contribution is 0.292. The molecule has 2 aliphatic heterocycles. The maximum atomic E-state index is 12.4. The predicted molar refractivity (Wildman–Crippen MR) is 103 cm³/mol. The number of anilines is 1. The van der Waals surface area contributed by atoms with Gasteiger partial charge in [0.2, 0.25) is 0 Å². The van der Waals surface area contributed by atoms with Gasteiger partial charge in [-0.05, 0) is 32.9 Å². The predicted octanol–water partition coefficient (Wildman–Crippen LogP) is 1.20. The summed E-state index contributed by atoms with van der Waals surface area (Å²) >= 11 is 0. The number of rotatable bonds is 5. The highest BCUT2D eigenvalue weighted by Gasteiger charge is 2.20. The number of ether oxygens (including phenoxy) is 1. The largest absolute Gasteiger partial charge is 0.493 e. The molecule has 1 aromatic carbocycles. The molecule has 0 amide bonds. The van der Waals surface area contributed by atoms with Gasteiger partial charge in [-0.1, -0.05) is 0 Å². The van der Waals surface area contributed by atoms with Crippen molar-refractivity contribution < 1.29 is 4.74 Å². The average Bonchev–Trinajstić information content (AvgIpc) is 3.15. The maximum Gasteiger partial charge on any atom is 0.260 e. The first-order chi connectivity index (χ1) is 12.7. The number of hydrogen-bond donors (Lipinski definition) is 2. The fourth-order valence-electron chi connectivity index (χ4n) is 3.86. The second kappa shape index (κ2) is 7.63. The lowest BCUT2D eigenvalue weighted by Gasteiger charge is -2.34. The number of hydrogen-bond acceptors (Lipinski definition) is 6. The Bertz CT molecular complexity index is 807. The number of aromatic nitrogens is 2. The molecule has 0 spiro atoms. The Morgan fingerprint density at radius 2 is 2.12 bits per heavy atom. The van der Waals surface area contributed by atoms with Gasteiger partial charge in [0.1, 0.15) is 5.75 Å². The molecule has 2 aliphatic rings. The fourth-order valence-corrected chi connectivity index (χ4v) is 3.86. The van der Waals surface area contributed by atoms with Gasteiger partial charge >= 0.3 is 0 Å². The number of piperazine rings is 1. The van der Waals surface area contributed by atoms with Gasteiger partial charge in [-0.3, -0.25) is 4.79 Å². The normalized spacial score (nSPS) is 21.4. The van der Waals surface area contributed by atoms with Crippen molar-refractivity contribution in [1.29, 1.82) is 0 Å². The Kier molecular flexibility index (Phi) is 5.08. The summed E-state index contributed by atoms with van der Waals surface area (Å²) in [5.41, 5.74) is 1.53. The molecule has 26 heavy (non-hydrogen) atoms. The van der Waals surface area contributed by atoms with Crippen LogP contribution in [0, 0.1) is 0 Å². The summed E-state index contributed by atoms with van der Waals surface area (Å²) < 4.78 is 6.04. The van der Waals surface area contributed by atoms with Gasteiger partial charge in [-0.25, -0.2) is 4.98 Å². The third kappa shape index (κ3) is 3.68. The molecule has 0 radical (unpaired) electrons. The summed E-state index contributed by atoms with van der Waals surface area (Å²) in [6.07, 6.45) is 4.95. The first-order valence-electron chi connectivity index (χ1n) is 9.52. The van der Waals surface area contributed by atoms with Crippen molar-refractivity contribution in [2.75, 3.05) is 51.3 Å². The van der Waals surface area contributed by atoms with Crippen LogP contribution in [0.2, 0.25) is 0 Å². The first kappa shape index (κ1) is 17.3. The monoisotopic (exact) mass is 357 g/mol. The lowest BCUT2D eigenvalue weighted by atomic mass is 10.1. The zero-order valence-corrected chi connectivity index (χ0v) is 15.3. The van der Waals surface area contributed by atoms with Crippen LogP contribution in [0.25, 0.3) is 10.9 Å². The van der Waals surface area contributed by atoms with Crippen molar-refractivity contribution in [3.05, 3.63) is 28.8 Å². The van der Waals surface area contributed by atoms with Gasteiger partial charge < -0.3 is 24.8 Å². The molecule has 0 saturated carbocycles. The standard InChI is InChI=1S/C19H27N5O2/c1-23-6-8-24(9-7-23)17-12-15(26-10-4-14-3-2-5-20-14)11-16-18(17)19(25)22-13-21-16/h11-14,20H,2-10H2,1H3,(H,21,22,25). The van der Waals surface area contributed by atoms with Crippen LogP contribution in [0.3, 0.4) is 0 Å². The van der Waals surface area contributed by atoms with Gasteiger partial charge in [0.05, 0.1) is 29.5 Å². The molecule has 0 bridgehead atoms. The number of aromatic amines is 1. The van der Waals surface area contributed by atoms with E-state index < -0.39 is 0 Å². The minimum Gasteiger partial charge on any atom is -0.493 e. The summed E-state index contributed by atoms with van der Waals surface area (Å²) in [5, 5.41) is 4.15. The van der Waals surface area contributed by atoms with Crippen molar-refractivity contribution in [3.63, 3.8) is 0 Å². The molecule has 4 rings (SSSR count). The van der Waals surface area contributed by atoms with Crippen molar-refractivity contribution in [3.8, 4) is 5.75 Å². The average molecular weight is 357 g/mol. The number of fused-ring (bicyclic) bond motifs is 1. The molecular formula is C19H27N5O2. The van der Waals surface area contributed by atoms with Crippen LogP contribution in [-0.4, -0.2) is 67.3 Å². The molecule has 7 nitrogen and oxygen atoms in total. The Labute approximate surface area is 153 Å². The van der Waals surface area contributed by atoms with E-state index in [0.717, 1.165) is 50.6 Å². The van der Waals surface area contributed by atoms with E-state index in [1.807, 2.05) is 12.1 Å². The third-order valence-electron chi connectivity index (χ3n) is 5.44. The molecule has 2 aromatic rings. The summed E-state index contributed by atoms with van der Waals surface area (Å²) in [6, 6.07) is 4.45. The molecule has 3 heterocycles. The quantitative estimate of drug-likeness (QED) is 0.838. The topological polar surface area (TPSA) is 73.5 Å². The number of nitrogens with one attached hydrogen (secondary N) is 2. The van der Waals surface area contributed by atoms with Crippen LogP contribution >= 0.6 is 0 Å². The SMILES string of the molecule is CN1CCN(c2cc(OCCC3CCCN3)cc3nc[nH]c(=O)c23)CC1. The maximum absolute atomic E-state index is 12.4. The van der Waals surface area contributed by atoms with Crippen molar-refractivity contribution in [2.45, 2.75) is 25.3 Å².